The SMILES string of the molecule is CC(C)C(=S)OC[Si]. The van der Waals surface area contributed by atoms with E-state index in [1.165, 1.54) is 0 Å². The van der Waals surface area contributed by atoms with Crippen LogP contribution in [-0.4, -0.2) is 21.5 Å². The molecule has 45 valence electrons. The standard InChI is InChI=1S/C5H9OSSi/c1-4(2)5(7)6-3-8/h4H,3H2,1-2H3. The largest absolute Gasteiger partial charge is 0.491 e. The molecule has 0 N–H and O–H groups in total. The molecule has 0 aliphatic carbocycles. The number of ether oxygens (including phenoxy) is 1. The van der Waals surface area contributed by atoms with Crippen molar-refractivity contribution in [3.8, 4) is 0 Å². The molecular formula is C5H9OSSi. The van der Waals surface area contributed by atoms with Crippen LogP contribution in [0.15, 0.2) is 0 Å². The Kier molecular flexibility index (Phi) is 4.09. The third-order valence-electron chi connectivity index (χ3n) is 0.686. The summed E-state index contributed by atoms with van der Waals surface area (Å²) in [6.45, 7) is 4.01. The summed E-state index contributed by atoms with van der Waals surface area (Å²) in [6, 6.07) is 0. The highest BCUT2D eigenvalue weighted by Crippen LogP contribution is 1.96. The second-order valence-corrected chi connectivity index (χ2v) is 2.45. The maximum absolute atomic E-state index is 4.95. The second kappa shape index (κ2) is 4.03. The van der Waals surface area contributed by atoms with E-state index in [0.717, 1.165) is 0 Å². The summed E-state index contributed by atoms with van der Waals surface area (Å²) in [4.78, 5) is 0. The van der Waals surface area contributed by atoms with Gasteiger partial charge in [-0.05, 0) is 12.2 Å². The molecule has 0 aromatic rings. The van der Waals surface area contributed by atoms with Crippen LogP contribution in [0, 0.1) is 5.92 Å². The molecule has 0 fully saturated rings. The smallest absolute Gasteiger partial charge is 0.161 e. The van der Waals surface area contributed by atoms with Crippen LogP contribution >= 0.6 is 12.2 Å². The van der Waals surface area contributed by atoms with Gasteiger partial charge in [-0.25, -0.2) is 0 Å². The molecule has 3 heteroatoms. The minimum Gasteiger partial charge on any atom is -0.491 e. The predicted octanol–water partition coefficient (Wildman–Crippen LogP) is 1.11. The minimum atomic E-state index is 0.348. The molecule has 0 saturated heterocycles. The Bertz CT molecular complexity index is 82.5. The lowest BCUT2D eigenvalue weighted by molar-refractivity contribution is 0.362. The predicted molar refractivity (Wildman–Crippen MR) is 39.1 cm³/mol. The molecule has 0 aromatic carbocycles. The van der Waals surface area contributed by atoms with Crippen molar-refractivity contribution >= 4 is 27.5 Å². The van der Waals surface area contributed by atoms with E-state index in [2.05, 4.69) is 10.2 Å². The fourth-order valence-electron chi connectivity index (χ4n) is 0.238. The van der Waals surface area contributed by atoms with Gasteiger partial charge in [0.05, 0.1) is 16.5 Å². The molecule has 0 bridgehead atoms. The zero-order valence-electron chi connectivity index (χ0n) is 5.10. The Hall–Kier alpha value is 0.107. The van der Waals surface area contributed by atoms with E-state index in [1.807, 2.05) is 13.8 Å². The Labute approximate surface area is 58.8 Å². The molecule has 0 aliphatic rings. The Balaban J connectivity index is 3.33. The first kappa shape index (κ1) is 8.11. The van der Waals surface area contributed by atoms with E-state index in [-0.39, 0.29) is 0 Å². The molecule has 0 aromatic heterocycles. The molecule has 3 radical (unpaired) electrons. The molecule has 8 heavy (non-hydrogen) atoms. The monoisotopic (exact) mass is 145 g/mol. The average Bonchev–Trinajstić information content (AvgIpc) is 1.67. The first-order chi connectivity index (χ1) is 3.68. The van der Waals surface area contributed by atoms with Gasteiger partial charge in [0.2, 0.25) is 0 Å². The Morgan fingerprint density at radius 3 is 2.38 bits per heavy atom. The van der Waals surface area contributed by atoms with E-state index >= 15 is 0 Å². The highest BCUT2D eigenvalue weighted by atomic mass is 32.1. The van der Waals surface area contributed by atoms with Crippen molar-refractivity contribution in [2.45, 2.75) is 13.8 Å². The van der Waals surface area contributed by atoms with Gasteiger partial charge in [0.1, 0.15) is 0 Å². The average molecular weight is 145 g/mol. The van der Waals surface area contributed by atoms with Gasteiger partial charge < -0.3 is 4.74 Å². The van der Waals surface area contributed by atoms with Crippen molar-refractivity contribution in [3.05, 3.63) is 0 Å². The van der Waals surface area contributed by atoms with Crippen molar-refractivity contribution in [3.63, 3.8) is 0 Å². The Morgan fingerprint density at radius 2 is 2.25 bits per heavy atom. The summed E-state index contributed by atoms with van der Waals surface area (Å²) < 4.78 is 4.95. The summed E-state index contributed by atoms with van der Waals surface area (Å²) in [7, 11) is 3.15. The van der Waals surface area contributed by atoms with Crippen LogP contribution in [-0.2, 0) is 4.74 Å². The van der Waals surface area contributed by atoms with Crippen LogP contribution in [0.5, 0.6) is 0 Å². The summed E-state index contributed by atoms with van der Waals surface area (Å²) in [5.74, 6) is 0.348. The van der Waals surface area contributed by atoms with E-state index < -0.39 is 0 Å². The number of hydrogen-bond acceptors (Lipinski definition) is 2. The fourth-order valence-corrected chi connectivity index (χ4v) is 0.557. The lowest BCUT2D eigenvalue weighted by Gasteiger charge is -2.05. The molecule has 0 spiro atoms. The molecule has 0 heterocycles. The summed E-state index contributed by atoms with van der Waals surface area (Å²) in [6.07, 6.45) is 0.497. The third-order valence-corrected chi connectivity index (χ3v) is 1.42. The molecule has 0 unspecified atom stereocenters. The molecule has 0 aliphatic heterocycles. The maximum Gasteiger partial charge on any atom is 0.161 e. The molecule has 0 atom stereocenters. The van der Waals surface area contributed by atoms with Gasteiger partial charge >= 0.3 is 0 Å². The molecule has 0 rings (SSSR count). The summed E-state index contributed by atoms with van der Waals surface area (Å²) in [5.41, 5.74) is 0. The van der Waals surface area contributed by atoms with Crippen LogP contribution in [0.3, 0.4) is 0 Å². The van der Waals surface area contributed by atoms with Crippen LogP contribution < -0.4 is 0 Å². The quantitative estimate of drug-likeness (QED) is 0.425. The van der Waals surface area contributed by atoms with Crippen LogP contribution in [0.4, 0.5) is 0 Å². The van der Waals surface area contributed by atoms with E-state index in [1.54, 1.807) is 0 Å². The summed E-state index contributed by atoms with van der Waals surface area (Å²) in [5, 5.41) is 0.667. The van der Waals surface area contributed by atoms with Crippen molar-refractivity contribution in [1.82, 2.24) is 0 Å². The van der Waals surface area contributed by atoms with Crippen LogP contribution in [0.25, 0.3) is 0 Å². The van der Waals surface area contributed by atoms with Crippen LogP contribution in [0.2, 0.25) is 0 Å². The lowest BCUT2D eigenvalue weighted by Crippen LogP contribution is -2.09. The van der Waals surface area contributed by atoms with Crippen molar-refractivity contribution in [2.75, 3.05) is 6.23 Å². The minimum absolute atomic E-state index is 0.348. The zero-order valence-corrected chi connectivity index (χ0v) is 6.92. The number of hydrogen-bond donors (Lipinski definition) is 0. The van der Waals surface area contributed by atoms with Gasteiger partial charge in [-0.1, -0.05) is 13.8 Å². The van der Waals surface area contributed by atoms with Crippen molar-refractivity contribution < 1.29 is 4.74 Å². The molecule has 0 amide bonds. The van der Waals surface area contributed by atoms with Gasteiger partial charge in [0.25, 0.3) is 0 Å². The third kappa shape index (κ3) is 3.15. The van der Waals surface area contributed by atoms with Gasteiger partial charge in [-0.15, -0.1) is 0 Å². The zero-order chi connectivity index (χ0) is 6.57. The fraction of sp³-hybridized carbons (Fsp3) is 0.800. The van der Waals surface area contributed by atoms with Gasteiger partial charge in [-0.3, -0.25) is 0 Å². The molecular weight excluding hydrogens is 136 g/mol. The first-order valence-electron chi connectivity index (χ1n) is 2.49. The van der Waals surface area contributed by atoms with Gasteiger partial charge in [-0.2, -0.15) is 0 Å². The highest BCUT2D eigenvalue weighted by molar-refractivity contribution is 7.80. The summed E-state index contributed by atoms with van der Waals surface area (Å²) >= 11 is 4.82. The van der Waals surface area contributed by atoms with E-state index in [0.29, 0.717) is 17.2 Å². The van der Waals surface area contributed by atoms with E-state index in [4.69, 9.17) is 17.0 Å². The maximum atomic E-state index is 4.95. The lowest BCUT2D eigenvalue weighted by atomic mass is 10.2. The number of thiocarbonyl (C=S) groups is 1. The van der Waals surface area contributed by atoms with Gasteiger partial charge in [0.15, 0.2) is 5.05 Å². The first-order valence-corrected chi connectivity index (χ1v) is 3.61. The number of rotatable bonds is 2. The van der Waals surface area contributed by atoms with E-state index in [9.17, 15) is 0 Å². The molecule has 0 saturated carbocycles. The van der Waals surface area contributed by atoms with Crippen LogP contribution in [0.1, 0.15) is 13.8 Å². The topological polar surface area (TPSA) is 9.23 Å². The normalized spacial score (nSPS) is 9.50. The highest BCUT2D eigenvalue weighted by Gasteiger charge is 1.99. The Morgan fingerprint density at radius 1 is 1.75 bits per heavy atom. The second-order valence-electron chi connectivity index (χ2n) is 1.76. The van der Waals surface area contributed by atoms with Gasteiger partial charge in [0, 0.05) is 5.92 Å². The van der Waals surface area contributed by atoms with Crippen molar-refractivity contribution in [2.24, 2.45) is 5.92 Å². The van der Waals surface area contributed by atoms with Crippen molar-refractivity contribution in [1.29, 1.82) is 0 Å². The molecule has 1 nitrogen and oxygen atoms in total.